The Morgan fingerprint density at radius 3 is 1.16 bits per heavy atom. The highest BCUT2D eigenvalue weighted by Gasteiger charge is 2.57. The monoisotopic (exact) mass is 1080 g/mol. The summed E-state index contributed by atoms with van der Waals surface area (Å²) in [6, 6.07) is 64.0. The Kier molecular flexibility index (Phi) is 12.0. The quantitative estimate of drug-likeness (QED) is 0.103. The van der Waals surface area contributed by atoms with Gasteiger partial charge >= 0.3 is 31.3 Å². The van der Waals surface area contributed by atoms with E-state index in [9.17, 15) is 48.3 Å². The van der Waals surface area contributed by atoms with Crippen molar-refractivity contribution in [2.75, 3.05) is 0 Å². The Bertz CT molecular complexity index is 4680. The smallest absolute Gasteiger partial charge is 0.508 e. The number of halogens is 6. The zero-order chi connectivity index (χ0) is 55.1. The van der Waals surface area contributed by atoms with Crippen LogP contribution in [-0.2, 0) is 23.9 Å². The van der Waals surface area contributed by atoms with Crippen LogP contribution in [0.3, 0.4) is 0 Å². The number of hydrogen-bond acceptors (Lipinski definition) is 8. The first-order valence-electron chi connectivity index (χ1n) is 24.4. The van der Waals surface area contributed by atoms with Gasteiger partial charge in [-0.1, -0.05) is 153 Å². The number of hydrogen-bond donors (Lipinski definition) is 1. The van der Waals surface area contributed by atoms with Gasteiger partial charge in [0.15, 0.2) is 0 Å². The van der Waals surface area contributed by atoms with Crippen LogP contribution in [0, 0.1) is 6.92 Å². The van der Waals surface area contributed by atoms with Crippen molar-refractivity contribution in [2.24, 2.45) is 0 Å². The first-order chi connectivity index (χ1) is 37.2. The summed E-state index contributed by atoms with van der Waals surface area (Å²) in [6.45, 7) is 4.45. The Balaban J connectivity index is 0.000000128. The maximum absolute atomic E-state index is 11.4. The van der Waals surface area contributed by atoms with Crippen molar-refractivity contribution in [3.05, 3.63) is 188 Å². The minimum absolute atomic E-state index is 0.281. The third-order valence-corrected chi connectivity index (χ3v) is 16.1. The van der Waals surface area contributed by atoms with E-state index in [1.807, 2.05) is 15.8 Å². The van der Waals surface area contributed by atoms with E-state index in [0.717, 1.165) is 49.3 Å². The van der Waals surface area contributed by atoms with Crippen LogP contribution in [0.15, 0.2) is 191 Å². The van der Waals surface area contributed by atoms with Gasteiger partial charge in [-0.2, -0.15) is 43.2 Å². The van der Waals surface area contributed by atoms with Gasteiger partial charge in [-0.3, -0.25) is 0 Å². The molecule has 0 aliphatic carbocycles. The molecule has 0 fully saturated rings. The largest absolute Gasteiger partial charge is 0.524 e. The minimum Gasteiger partial charge on any atom is -0.508 e. The zero-order valence-electron chi connectivity index (χ0n) is 41.4. The Morgan fingerprint density at radius 2 is 0.740 bits per heavy atom. The summed E-state index contributed by atoms with van der Waals surface area (Å²) < 4.78 is 129. The van der Waals surface area contributed by atoms with E-state index in [1.165, 1.54) is 86.4 Å². The lowest BCUT2D eigenvalue weighted by Gasteiger charge is -2.11. The van der Waals surface area contributed by atoms with Crippen LogP contribution in [0.5, 0.6) is 5.75 Å². The maximum atomic E-state index is 11.4. The summed E-state index contributed by atoms with van der Waals surface area (Å²) in [5.74, 6) is 0.281. The highest BCUT2D eigenvalue weighted by Crippen LogP contribution is 2.44. The molecule has 0 unspecified atom stereocenters. The summed E-state index contributed by atoms with van der Waals surface area (Å²) >= 11 is 0. The fourth-order valence-corrected chi connectivity index (χ4v) is 11.8. The molecule has 14 rings (SSSR count). The molecule has 0 radical (unpaired) electrons. The minimum atomic E-state index is -6.85. The number of benzene rings is 12. The topological polar surface area (TPSA) is 124 Å². The predicted octanol–water partition coefficient (Wildman–Crippen LogP) is 18.1. The molecule has 0 aliphatic rings. The summed E-state index contributed by atoms with van der Waals surface area (Å²) in [5.41, 5.74) is -7.54. The molecule has 14 aromatic rings. The summed E-state index contributed by atoms with van der Waals surface area (Å²) in [4.78, 5) is 0. The second-order valence-electron chi connectivity index (χ2n) is 18.0. The summed E-state index contributed by atoms with van der Waals surface area (Å²) in [6.07, 6.45) is 0. The molecule has 12 aromatic carbocycles. The van der Waals surface area contributed by atoms with Crippen molar-refractivity contribution < 1.29 is 62.1 Å². The number of furan rings is 2. The number of phenolic OH excluding ortho intramolecular Hbond substituents is 1. The Morgan fingerprint density at radius 1 is 0.403 bits per heavy atom. The van der Waals surface area contributed by atoms with E-state index in [-0.39, 0.29) is 5.75 Å². The van der Waals surface area contributed by atoms with Gasteiger partial charge in [0.25, 0.3) is 0 Å². The van der Waals surface area contributed by atoms with Crippen LogP contribution >= 0.6 is 0 Å². The first kappa shape index (κ1) is 49.4. The second-order valence-corrected chi connectivity index (χ2v) is 21.3. The van der Waals surface area contributed by atoms with Crippen LogP contribution in [0.2, 0.25) is 0 Å². The van der Waals surface area contributed by atoms with E-state index in [0.29, 0.717) is 6.90 Å². The maximum Gasteiger partial charge on any atom is 0.524 e. The molecule has 1 N–H and O–H groups in total. The molecule has 8 nitrogen and oxygen atoms in total. The third kappa shape index (κ3) is 8.62. The van der Waals surface area contributed by atoms with Crippen molar-refractivity contribution in [3.8, 4) is 5.75 Å². The van der Waals surface area contributed by atoms with Crippen molar-refractivity contribution in [1.29, 1.82) is 0 Å². The molecule has 0 aliphatic heterocycles. The van der Waals surface area contributed by atoms with Gasteiger partial charge in [-0.25, -0.2) is 0 Å². The predicted molar refractivity (Wildman–Crippen MR) is 296 cm³/mol. The standard InChI is InChI=1S/C29H18O.C28H16O2.C2F6O5S2.C2H6/c1-17-10-12-22-23(14-17)20-8-4-5-9-21(20)24-15-26-28(16-25(22)24)30-27-13-11-18-6-2-3-7-19(18)29(26)27;29-17-10-11-21-22(13-17)19-7-3-4-8-20(19)23-14-25-27(15-24(21)23)30-26-12-9-16-5-1-2-6-18(16)28(25)26;3-1(4,5)14(9,10)13-15(11,12)2(6,7)8;1-2/h2-16H,1H3;1-15,29H;;1-2H3/i;;;1D. The van der Waals surface area contributed by atoms with Crippen LogP contribution in [0.25, 0.3) is 130 Å². The molecule has 0 saturated heterocycles. The van der Waals surface area contributed by atoms with Crippen LogP contribution < -0.4 is 0 Å². The number of phenols is 1. The number of fused-ring (bicyclic) bond motifs is 22. The average molecular weight is 1080 g/mol. The van der Waals surface area contributed by atoms with Crippen LogP contribution in [-0.4, -0.2) is 33.0 Å². The number of aromatic hydroxyl groups is 1. The molecule has 77 heavy (non-hydrogen) atoms. The van der Waals surface area contributed by atoms with Gasteiger partial charge in [0.1, 0.15) is 28.1 Å². The number of aryl methyl sites for hydroxylation is 1. The Labute approximate surface area is 435 Å². The molecule has 2 heterocycles. The summed E-state index contributed by atoms with van der Waals surface area (Å²) in [7, 11) is -13.7. The lowest BCUT2D eigenvalue weighted by atomic mass is 9.92. The van der Waals surface area contributed by atoms with Gasteiger partial charge in [0.2, 0.25) is 0 Å². The molecule has 2 aromatic heterocycles. The normalized spacial score (nSPS) is 12.7. The van der Waals surface area contributed by atoms with Crippen molar-refractivity contribution in [3.63, 3.8) is 0 Å². The summed E-state index contributed by atoms with van der Waals surface area (Å²) in [5, 5.41) is 34.3. The lowest BCUT2D eigenvalue weighted by Crippen LogP contribution is -2.34. The van der Waals surface area contributed by atoms with Crippen molar-refractivity contribution >= 4 is 150 Å². The number of rotatable bonds is 2. The molecule has 0 bridgehead atoms. The third-order valence-electron chi connectivity index (χ3n) is 13.5. The van der Waals surface area contributed by atoms with Gasteiger partial charge in [-0.05, 0) is 142 Å². The number of alkyl halides is 6. The van der Waals surface area contributed by atoms with Gasteiger partial charge in [0.05, 0.1) is 0 Å². The van der Waals surface area contributed by atoms with E-state index >= 15 is 0 Å². The fraction of sp³-hybridized carbons (Fsp3) is 0.0820. The fourth-order valence-electron chi connectivity index (χ4n) is 10.3. The first-order valence-corrected chi connectivity index (χ1v) is 26.5. The highest BCUT2D eigenvalue weighted by atomic mass is 32.3. The Hall–Kier alpha value is -8.44. The van der Waals surface area contributed by atoms with Crippen molar-refractivity contribution in [1.82, 2.24) is 0 Å². The van der Waals surface area contributed by atoms with E-state index in [2.05, 4.69) is 171 Å². The SMILES string of the molecule is Cc1ccc2c(c1)c1ccccc1c1cc3c(cc21)oc1ccc2ccccc2c13.O=S(=O)(OS(=O)(=O)C(F)(F)F)C(F)(F)F.Oc1ccc2c(c1)c1ccccc1c1cc3c(cc21)oc1ccc2ccccc2c13.[2H]CC. The average Bonchev–Trinajstić information content (AvgIpc) is 4.01. The molecule has 0 amide bonds. The van der Waals surface area contributed by atoms with Crippen LogP contribution in [0.4, 0.5) is 26.3 Å². The molecule has 0 atom stereocenters. The van der Waals surface area contributed by atoms with Gasteiger partial charge in [0, 0.05) is 22.9 Å². The van der Waals surface area contributed by atoms with E-state index in [1.54, 1.807) is 13.0 Å². The van der Waals surface area contributed by atoms with Crippen molar-refractivity contribution in [2.45, 2.75) is 31.8 Å². The van der Waals surface area contributed by atoms with Crippen LogP contribution in [0.1, 0.15) is 20.8 Å². The molecular formula is C61H40F6O8S2. The second kappa shape index (κ2) is 18.7. The molecule has 16 heteroatoms. The lowest BCUT2D eigenvalue weighted by molar-refractivity contribution is -0.0585. The molecule has 0 saturated carbocycles. The zero-order valence-corrected chi connectivity index (χ0v) is 42.0. The molecule has 0 spiro atoms. The van der Waals surface area contributed by atoms with Gasteiger partial charge < -0.3 is 13.9 Å². The highest BCUT2D eigenvalue weighted by molar-refractivity contribution is 8.00. The van der Waals surface area contributed by atoms with Gasteiger partial charge in [-0.15, -0.1) is 3.63 Å². The van der Waals surface area contributed by atoms with E-state index in [4.69, 9.17) is 10.2 Å². The molecule has 386 valence electrons. The molecular weight excluding hydrogens is 1040 g/mol. The van der Waals surface area contributed by atoms with E-state index < -0.39 is 31.3 Å².